The lowest BCUT2D eigenvalue weighted by Gasteiger charge is -2.36. The maximum Gasteiger partial charge on any atom is 0.166 e. The van der Waals surface area contributed by atoms with Crippen LogP contribution in [0.5, 0.6) is 0 Å². The summed E-state index contributed by atoms with van der Waals surface area (Å²) in [4.78, 5) is 2.37. The molecule has 1 aliphatic rings. The van der Waals surface area contributed by atoms with Gasteiger partial charge in [0.15, 0.2) is 5.11 Å². The molecule has 3 atom stereocenters. The predicted molar refractivity (Wildman–Crippen MR) is 75.3 cm³/mol. The molecule has 0 amide bonds. The number of hydrogen-bond acceptors (Lipinski definition) is 3. The number of methoxy groups -OCH3 is 1. The van der Waals surface area contributed by atoms with E-state index in [9.17, 15) is 0 Å². The summed E-state index contributed by atoms with van der Waals surface area (Å²) in [5.41, 5.74) is 0. The Morgan fingerprint density at radius 3 is 2.88 bits per heavy atom. The van der Waals surface area contributed by atoms with Gasteiger partial charge in [-0.3, -0.25) is 0 Å². The van der Waals surface area contributed by atoms with E-state index in [-0.39, 0.29) is 6.04 Å². The van der Waals surface area contributed by atoms with Crippen molar-refractivity contribution in [3.05, 3.63) is 0 Å². The predicted octanol–water partition coefficient (Wildman–Crippen LogP) is 0.826. The van der Waals surface area contributed by atoms with E-state index in [0.717, 1.165) is 24.6 Å². The highest BCUT2D eigenvalue weighted by Gasteiger charge is 2.24. The first kappa shape index (κ1) is 14.7. The second-order valence-corrected chi connectivity index (χ2v) is 5.52. The Labute approximate surface area is 110 Å². The molecule has 100 valence electrons. The van der Waals surface area contributed by atoms with E-state index in [1.54, 1.807) is 7.11 Å². The van der Waals surface area contributed by atoms with Crippen molar-refractivity contribution < 1.29 is 4.74 Å². The number of rotatable bonds is 4. The first-order valence-electron chi connectivity index (χ1n) is 6.27. The van der Waals surface area contributed by atoms with Gasteiger partial charge < -0.3 is 20.3 Å². The summed E-state index contributed by atoms with van der Waals surface area (Å²) >= 11 is 5.32. The van der Waals surface area contributed by atoms with Crippen LogP contribution in [0, 0.1) is 5.92 Å². The fourth-order valence-electron chi connectivity index (χ4n) is 2.29. The smallest absolute Gasteiger partial charge is 0.166 e. The Kier molecular flexibility index (Phi) is 6.16. The minimum Gasteiger partial charge on any atom is -0.383 e. The van der Waals surface area contributed by atoms with Crippen molar-refractivity contribution in [2.24, 2.45) is 5.92 Å². The van der Waals surface area contributed by atoms with Crippen LogP contribution in [-0.4, -0.2) is 55.9 Å². The van der Waals surface area contributed by atoms with E-state index < -0.39 is 0 Å². The number of likely N-dealkylation sites (tertiary alicyclic amines) is 1. The molecule has 0 aromatic rings. The lowest BCUT2D eigenvalue weighted by molar-refractivity contribution is 0.176. The maximum atomic E-state index is 5.32. The average molecular weight is 259 g/mol. The Hall–Kier alpha value is -0.390. The van der Waals surface area contributed by atoms with Crippen LogP contribution in [0.2, 0.25) is 0 Å². The van der Waals surface area contributed by atoms with Gasteiger partial charge in [0.05, 0.1) is 6.61 Å². The second-order valence-electron chi connectivity index (χ2n) is 5.11. The van der Waals surface area contributed by atoms with Gasteiger partial charge in [-0.05, 0) is 45.1 Å². The number of nitrogens with one attached hydrogen (secondary N) is 2. The third-order valence-electron chi connectivity index (χ3n) is 3.22. The van der Waals surface area contributed by atoms with Gasteiger partial charge in [0.2, 0.25) is 0 Å². The number of thiocarbonyl (C=S) groups is 1. The topological polar surface area (TPSA) is 36.5 Å². The van der Waals surface area contributed by atoms with Crippen molar-refractivity contribution in [3.8, 4) is 0 Å². The first-order valence-corrected chi connectivity index (χ1v) is 6.68. The first-order chi connectivity index (χ1) is 8.02. The van der Waals surface area contributed by atoms with E-state index in [4.69, 9.17) is 17.0 Å². The zero-order chi connectivity index (χ0) is 12.8. The van der Waals surface area contributed by atoms with Crippen LogP contribution in [0.1, 0.15) is 20.3 Å². The molecule has 1 saturated heterocycles. The molecule has 0 spiro atoms. The number of hydrogen-bond donors (Lipinski definition) is 2. The van der Waals surface area contributed by atoms with Crippen LogP contribution in [0.25, 0.3) is 0 Å². The third kappa shape index (κ3) is 5.19. The summed E-state index contributed by atoms with van der Waals surface area (Å²) in [6.07, 6.45) is 1.15. The SMILES string of the molecule is COCC(C)NC(=S)NC1CCN(C)CC1C. The molecular formula is C12H25N3OS. The van der Waals surface area contributed by atoms with E-state index >= 15 is 0 Å². The molecule has 4 nitrogen and oxygen atoms in total. The van der Waals surface area contributed by atoms with Gasteiger partial charge in [-0.2, -0.15) is 0 Å². The molecule has 0 saturated carbocycles. The molecule has 0 radical (unpaired) electrons. The molecule has 2 N–H and O–H groups in total. The van der Waals surface area contributed by atoms with Gasteiger partial charge in [0, 0.05) is 25.7 Å². The fraction of sp³-hybridized carbons (Fsp3) is 0.917. The summed E-state index contributed by atoms with van der Waals surface area (Å²) in [7, 11) is 3.87. The fourth-order valence-corrected chi connectivity index (χ4v) is 2.65. The molecule has 3 unspecified atom stereocenters. The lowest BCUT2D eigenvalue weighted by atomic mass is 9.94. The van der Waals surface area contributed by atoms with Crippen molar-refractivity contribution >= 4 is 17.3 Å². The molecule has 0 aromatic heterocycles. The van der Waals surface area contributed by atoms with Gasteiger partial charge in [-0.1, -0.05) is 6.92 Å². The molecule has 0 bridgehead atoms. The minimum atomic E-state index is 0.251. The highest BCUT2D eigenvalue weighted by atomic mass is 32.1. The normalized spacial score (nSPS) is 27.5. The molecule has 1 heterocycles. The number of ether oxygens (including phenoxy) is 1. The molecule has 1 fully saturated rings. The largest absolute Gasteiger partial charge is 0.383 e. The zero-order valence-electron chi connectivity index (χ0n) is 11.3. The van der Waals surface area contributed by atoms with Crippen LogP contribution < -0.4 is 10.6 Å². The van der Waals surface area contributed by atoms with E-state index in [1.165, 1.54) is 0 Å². The van der Waals surface area contributed by atoms with Gasteiger partial charge >= 0.3 is 0 Å². The maximum absolute atomic E-state index is 5.32. The van der Waals surface area contributed by atoms with Crippen LogP contribution in [0.15, 0.2) is 0 Å². The molecule has 5 heteroatoms. The van der Waals surface area contributed by atoms with E-state index in [1.807, 2.05) is 0 Å². The van der Waals surface area contributed by atoms with Crippen molar-refractivity contribution in [1.29, 1.82) is 0 Å². The van der Waals surface area contributed by atoms with Crippen molar-refractivity contribution in [3.63, 3.8) is 0 Å². The van der Waals surface area contributed by atoms with Gasteiger partial charge in [-0.15, -0.1) is 0 Å². The summed E-state index contributed by atoms with van der Waals surface area (Å²) in [6, 6.07) is 0.738. The van der Waals surface area contributed by atoms with E-state index in [2.05, 4.69) is 36.4 Å². The van der Waals surface area contributed by atoms with Gasteiger partial charge in [0.1, 0.15) is 0 Å². The lowest BCUT2D eigenvalue weighted by Crippen LogP contribution is -2.53. The highest BCUT2D eigenvalue weighted by Crippen LogP contribution is 2.15. The molecule has 17 heavy (non-hydrogen) atoms. The Morgan fingerprint density at radius 2 is 2.29 bits per heavy atom. The van der Waals surface area contributed by atoms with Crippen molar-refractivity contribution in [2.75, 3.05) is 33.9 Å². The summed E-state index contributed by atoms with van der Waals surface area (Å²) < 4.78 is 5.07. The highest BCUT2D eigenvalue weighted by molar-refractivity contribution is 7.80. The molecular weight excluding hydrogens is 234 g/mol. The van der Waals surface area contributed by atoms with Gasteiger partial charge in [-0.25, -0.2) is 0 Å². The number of nitrogens with zero attached hydrogens (tertiary/aromatic N) is 1. The van der Waals surface area contributed by atoms with Crippen LogP contribution in [0.3, 0.4) is 0 Å². The Balaban J connectivity index is 2.30. The quantitative estimate of drug-likeness (QED) is 0.731. The van der Waals surface area contributed by atoms with E-state index in [0.29, 0.717) is 18.6 Å². The summed E-state index contributed by atoms with van der Waals surface area (Å²) in [5.74, 6) is 0.631. The monoisotopic (exact) mass is 259 g/mol. The summed E-state index contributed by atoms with van der Waals surface area (Å²) in [6.45, 7) is 7.28. The Bertz CT molecular complexity index is 250. The average Bonchev–Trinajstić information content (AvgIpc) is 2.22. The van der Waals surface area contributed by atoms with Crippen LogP contribution >= 0.6 is 12.2 Å². The number of piperidine rings is 1. The van der Waals surface area contributed by atoms with Crippen LogP contribution in [0.4, 0.5) is 0 Å². The second kappa shape index (κ2) is 7.13. The molecule has 0 aromatic carbocycles. The molecule has 1 aliphatic heterocycles. The van der Waals surface area contributed by atoms with Crippen LogP contribution in [-0.2, 0) is 4.74 Å². The molecule has 0 aliphatic carbocycles. The van der Waals surface area contributed by atoms with Crippen molar-refractivity contribution in [2.45, 2.75) is 32.4 Å². The minimum absolute atomic E-state index is 0.251. The Morgan fingerprint density at radius 1 is 1.59 bits per heavy atom. The third-order valence-corrected chi connectivity index (χ3v) is 3.45. The van der Waals surface area contributed by atoms with Gasteiger partial charge in [0.25, 0.3) is 0 Å². The van der Waals surface area contributed by atoms with Crippen molar-refractivity contribution in [1.82, 2.24) is 15.5 Å². The molecule has 1 rings (SSSR count). The zero-order valence-corrected chi connectivity index (χ0v) is 12.1. The standard InChI is InChI=1S/C12H25N3OS/c1-9-7-15(3)6-5-11(9)14-12(17)13-10(2)8-16-4/h9-11H,5-8H2,1-4H3,(H2,13,14,17). The summed E-state index contributed by atoms with van der Waals surface area (Å²) in [5, 5.41) is 7.40.